The number of piperazine rings is 1. The van der Waals surface area contributed by atoms with Gasteiger partial charge in [-0.05, 0) is 12.1 Å². The van der Waals surface area contributed by atoms with Crippen molar-refractivity contribution in [1.29, 1.82) is 0 Å². The normalized spacial score (nSPS) is 15.1. The van der Waals surface area contributed by atoms with Gasteiger partial charge in [-0.3, -0.25) is 4.98 Å². The molecule has 0 saturated carbocycles. The van der Waals surface area contributed by atoms with Crippen molar-refractivity contribution in [3.63, 3.8) is 0 Å². The minimum atomic E-state index is -4.57. The van der Waals surface area contributed by atoms with E-state index in [0.717, 1.165) is 22.5 Å². The summed E-state index contributed by atoms with van der Waals surface area (Å²) in [5.74, 6) is 0.616. The third kappa shape index (κ3) is 3.25. The predicted molar refractivity (Wildman–Crippen MR) is 120 cm³/mol. The molecule has 2 N–H and O–H groups in total. The van der Waals surface area contributed by atoms with Gasteiger partial charge in [-0.15, -0.1) is 0 Å². The molecular formula is C23H18F3N7. The van der Waals surface area contributed by atoms with Gasteiger partial charge in [-0.1, -0.05) is 18.2 Å². The Hall–Kier alpha value is -3.79. The number of aromatic nitrogens is 5. The van der Waals surface area contributed by atoms with Crippen molar-refractivity contribution >= 4 is 38.7 Å². The van der Waals surface area contributed by atoms with E-state index in [1.54, 1.807) is 12.3 Å². The Kier molecular flexibility index (Phi) is 4.44. The summed E-state index contributed by atoms with van der Waals surface area (Å²) < 4.78 is 41.7. The summed E-state index contributed by atoms with van der Waals surface area (Å²) in [6.07, 6.45) is -0.702. The van der Waals surface area contributed by atoms with Crippen molar-refractivity contribution in [3.8, 4) is 11.4 Å². The second-order valence-corrected chi connectivity index (χ2v) is 7.94. The van der Waals surface area contributed by atoms with Crippen molar-refractivity contribution in [2.75, 3.05) is 31.1 Å². The number of pyridine rings is 2. The Bertz CT molecular complexity index is 1500. The zero-order chi connectivity index (χ0) is 22.6. The van der Waals surface area contributed by atoms with E-state index >= 15 is 0 Å². The van der Waals surface area contributed by atoms with Crippen LogP contribution in [-0.4, -0.2) is 51.1 Å². The first-order chi connectivity index (χ1) is 16.0. The van der Waals surface area contributed by atoms with Crippen LogP contribution >= 0.6 is 0 Å². The standard InChI is InChI=1S/C23H18F3N7/c24-23(25,26)15-11-28-12-17-19(15)22(33-9-7-27-8-10-33)32-20(31-17)14-5-6-29-21-18(14)13-3-1-2-4-16(13)30-21/h1-6,11-12,27H,7-10H2,(H,29,30). The molecule has 0 atom stereocenters. The fourth-order valence-corrected chi connectivity index (χ4v) is 4.46. The Morgan fingerprint density at radius 1 is 0.939 bits per heavy atom. The van der Waals surface area contributed by atoms with Crippen LogP contribution in [0.3, 0.4) is 0 Å². The quantitative estimate of drug-likeness (QED) is 0.421. The third-order valence-electron chi connectivity index (χ3n) is 5.95. The van der Waals surface area contributed by atoms with Crippen molar-refractivity contribution in [2.45, 2.75) is 6.18 Å². The number of benzene rings is 1. The van der Waals surface area contributed by atoms with Crippen LogP contribution in [0.25, 0.3) is 44.2 Å². The minimum Gasteiger partial charge on any atom is -0.353 e. The van der Waals surface area contributed by atoms with Crippen LogP contribution in [0.1, 0.15) is 5.56 Å². The van der Waals surface area contributed by atoms with Crippen LogP contribution in [0.5, 0.6) is 0 Å². The molecule has 4 aromatic heterocycles. The number of alkyl halides is 3. The molecule has 0 spiro atoms. The lowest BCUT2D eigenvalue weighted by molar-refractivity contribution is -0.136. The number of fused-ring (bicyclic) bond motifs is 4. The van der Waals surface area contributed by atoms with E-state index in [4.69, 9.17) is 4.98 Å². The number of H-pyrrole nitrogens is 1. The first-order valence-electron chi connectivity index (χ1n) is 10.5. The zero-order valence-electron chi connectivity index (χ0n) is 17.3. The molecule has 7 nitrogen and oxygen atoms in total. The highest BCUT2D eigenvalue weighted by atomic mass is 19.4. The molecule has 0 unspecified atom stereocenters. The number of halogens is 3. The molecule has 0 radical (unpaired) electrons. The summed E-state index contributed by atoms with van der Waals surface area (Å²) in [6.45, 7) is 2.42. The van der Waals surface area contributed by atoms with E-state index in [0.29, 0.717) is 43.2 Å². The molecule has 0 bridgehead atoms. The molecule has 1 fully saturated rings. The molecule has 33 heavy (non-hydrogen) atoms. The molecule has 1 aromatic carbocycles. The van der Waals surface area contributed by atoms with Gasteiger partial charge < -0.3 is 15.2 Å². The van der Waals surface area contributed by atoms with Gasteiger partial charge in [0.1, 0.15) is 11.5 Å². The van der Waals surface area contributed by atoms with Crippen LogP contribution in [0.2, 0.25) is 0 Å². The first kappa shape index (κ1) is 19.9. The lowest BCUT2D eigenvalue weighted by atomic mass is 10.1. The van der Waals surface area contributed by atoms with E-state index < -0.39 is 11.7 Å². The highest BCUT2D eigenvalue weighted by molar-refractivity contribution is 6.12. The highest BCUT2D eigenvalue weighted by Gasteiger charge is 2.36. The number of rotatable bonds is 2. The summed E-state index contributed by atoms with van der Waals surface area (Å²) in [6, 6.07) is 9.58. The molecule has 1 aliphatic rings. The van der Waals surface area contributed by atoms with E-state index in [9.17, 15) is 13.2 Å². The van der Waals surface area contributed by atoms with E-state index in [1.807, 2.05) is 29.2 Å². The first-order valence-corrected chi connectivity index (χ1v) is 10.5. The Labute approximate surface area is 185 Å². The molecule has 5 aromatic rings. The lowest BCUT2D eigenvalue weighted by Crippen LogP contribution is -2.44. The fraction of sp³-hybridized carbons (Fsp3) is 0.217. The largest absolute Gasteiger partial charge is 0.418 e. The molecular weight excluding hydrogens is 431 g/mol. The molecule has 166 valence electrons. The Balaban J connectivity index is 1.67. The number of hydrogen-bond donors (Lipinski definition) is 2. The minimum absolute atomic E-state index is 0.0209. The molecule has 5 heterocycles. The molecule has 0 aliphatic carbocycles. The van der Waals surface area contributed by atoms with Gasteiger partial charge in [0.2, 0.25) is 0 Å². The molecule has 10 heteroatoms. The van der Waals surface area contributed by atoms with Crippen molar-refractivity contribution in [3.05, 3.63) is 54.5 Å². The third-order valence-corrected chi connectivity index (χ3v) is 5.95. The average Bonchev–Trinajstić information content (AvgIpc) is 3.22. The van der Waals surface area contributed by atoms with E-state index in [-0.39, 0.29) is 16.7 Å². The number of nitrogens with zero attached hydrogens (tertiary/aromatic N) is 5. The van der Waals surface area contributed by atoms with Crippen LogP contribution < -0.4 is 10.2 Å². The topological polar surface area (TPSA) is 82.6 Å². The van der Waals surface area contributed by atoms with Crippen LogP contribution in [-0.2, 0) is 6.18 Å². The second kappa shape index (κ2) is 7.38. The monoisotopic (exact) mass is 449 g/mol. The summed E-state index contributed by atoms with van der Waals surface area (Å²) in [7, 11) is 0. The summed E-state index contributed by atoms with van der Waals surface area (Å²) in [5.41, 5.74) is 1.62. The van der Waals surface area contributed by atoms with Crippen molar-refractivity contribution < 1.29 is 13.2 Å². The molecule has 0 amide bonds. The van der Waals surface area contributed by atoms with Gasteiger partial charge in [0.05, 0.1) is 22.7 Å². The zero-order valence-corrected chi connectivity index (χ0v) is 17.3. The Morgan fingerprint density at radius 2 is 1.76 bits per heavy atom. The van der Waals surface area contributed by atoms with E-state index in [1.165, 1.54) is 6.20 Å². The SMILES string of the molecule is FC(F)(F)c1cncc2nc(-c3ccnc4[nH]c5ccccc5c34)nc(N3CCNCC3)c12. The summed E-state index contributed by atoms with van der Waals surface area (Å²) >= 11 is 0. The molecule has 1 saturated heterocycles. The lowest BCUT2D eigenvalue weighted by Gasteiger charge is -2.30. The number of aromatic amines is 1. The van der Waals surface area contributed by atoms with E-state index in [2.05, 4.69) is 25.3 Å². The maximum atomic E-state index is 13.9. The maximum absolute atomic E-state index is 13.9. The highest BCUT2D eigenvalue weighted by Crippen LogP contribution is 2.40. The summed E-state index contributed by atoms with van der Waals surface area (Å²) in [4.78, 5) is 22.7. The second-order valence-electron chi connectivity index (χ2n) is 7.94. The van der Waals surface area contributed by atoms with Gasteiger partial charge >= 0.3 is 6.18 Å². The smallest absolute Gasteiger partial charge is 0.353 e. The number of anilines is 1. The summed E-state index contributed by atoms with van der Waals surface area (Å²) in [5, 5.41) is 4.99. The van der Waals surface area contributed by atoms with Crippen LogP contribution in [0, 0.1) is 0 Å². The van der Waals surface area contributed by atoms with Crippen LogP contribution in [0.15, 0.2) is 48.9 Å². The number of para-hydroxylation sites is 1. The van der Waals surface area contributed by atoms with Crippen LogP contribution in [0.4, 0.5) is 19.0 Å². The van der Waals surface area contributed by atoms with Gasteiger partial charge in [-0.25, -0.2) is 15.0 Å². The van der Waals surface area contributed by atoms with Crippen molar-refractivity contribution in [2.24, 2.45) is 0 Å². The van der Waals surface area contributed by atoms with Crippen molar-refractivity contribution in [1.82, 2.24) is 30.2 Å². The maximum Gasteiger partial charge on any atom is 0.418 e. The Morgan fingerprint density at radius 3 is 2.58 bits per heavy atom. The number of nitrogens with one attached hydrogen (secondary N) is 2. The van der Waals surface area contributed by atoms with Gasteiger partial charge in [0, 0.05) is 60.4 Å². The average molecular weight is 449 g/mol. The number of hydrogen-bond acceptors (Lipinski definition) is 6. The molecule has 6 rings (SSSR count). The van der Waals surface area contributed by atoms with Gasteiger partial charge in [-0.2, -0.15) is 13.2 Å². The van der Waals surface area contributed by atoms with Gasteiger partial charge in [0.15, 0.2) is 5.82 Å². The fourth-order valence-electron chi connectivity index (χ4n) is 4.46. The predicted octanol–water partition coefficient (Wildman–Crippen LogP) is 4.15. The van der Waals surface area contributed by atoms with Gasteiger partial charge in [0.25, 0.3) is 0 Å². The molecule has 1 aliphatic heterocycles.